The molecule has 0 amide bonds. The molecule has 3 aromatic rings. The minimum atomic E-state index is 0.202. The zero-order valence-corrected chi connectivity index (χ0v) is 12.5. The van der Waals surface area contributed by atoms with Crippen molar-refractivity contribution in [2.24, 2.45) is 0 Å². The van der Waals surface area contributed by atoms with E-state index in [0.717, 1.165) is 11.4 Å². The van der Waals surface area contributed by atoms with Gasteiger partial charge in [-0.2, -0.15) is 5.26 Å². The number of hydrogen-bond donors (Lipinski definition) is 0. The Hall–Kier alpha value is -2.38. The van der Waals surface area contributed by atoms with Gasteiger partial charge < -0.3 is 0 Å². The molecule has 21 heavy (non-hydrogen) atoms. The molecule has 0 fully saturated rings. The fourth-order valence-corrected chi connectivity index (χ4v) is 2.46. The first kappa shape index (κ1) is 13.6. The van der Waals surface area contributed by atoms with Crippen molar-refractivity contribution < 1.29 is 0 Å². The van der Waals surface area contributed by atoms with Crippen molar-refractivity contribution in [3.8, 4) is 17.5 Å². The average Bonchev–Trinajstić information content (AvgIpc) is 2.80. The largest absolute Gasteiger partial charge is 0.295 e. The Bertz CT molecular complexity index is 874. The van der Waals surface area contributed by atoms with Crippen LogP contribution in [0.3, 0.4) is 0 Å². The number of aromatic nitrogens is 3. The van der Waals surface area contributed by atoms with Crippen LogP contribution in [0.4, 0.5) is 0 Å². The third kappa shape index (κ3) is 2.37. The molecule has 3 rings (SSSR count). The van der Waals surface area contributed by atoms with Crippen LogP contribution in [-0.4, -0.2) is 14.5 Å². The lowest BCUT2D eigenvalue weighted by molar-refractivity contribution is 0.858. The van der Waals surface area contributed by atoms with Gasteiger partial charge in [0.05, 0.1) is 11.1 Å². The SMILES string of the molecule is Cc1ccc(-c2nc3cc(Cl)cnc3n2CC#N)cc1C. The molecule has 2 heterocycles. The van der Waals surface area contributed by atoms with Crippen LogP contribution >= 0.6 is 11.6 Å². The van der Waals surface area contributed by atoms with Crippen molar-refractivity contribution in [3.05, 3.63) is 46.6 Å². The Labute approximate surface area is 127 Å². The van der Waals surface area contributed by atoms with E-state index in [4.69, 9.17) is 16.9 Å². The number of hydrogen-bond acceptors (Lipinski definition) is 3. The molecule has 104 valence electrons. The van der Waals surface area contributed by atoms with E-state index >= 15 is 0 Å². The summed E-state index contributed by atoms with van der Waals surface area (Å²) in [7, 11) is 0. The van der Waals surface area contributed by atoms with Crippen LogP contribution in [-0.2, 0) is 6.54 Å². The predicted molar refractivity (Wildman–Crippen MR) is 83.1 cm³/mol. The van der Waals surface area contributed by atoms with Crippen molar-refractivity contribution in [2.75, 3.05) is 0 Å². The highest BCUT2D eigenvalue weighted by Gasteiger charge is 2.14. The van der Waals surface area contributed by atoms with Crippen LogP contribution in [0.2, 0.25) is 5.02 Å². The molecule has 5 heteroatoms. The lowest BCUT2D eigenvalue weighted by Gasteiger charge is -2.06. The zero-order chi connectivity index (χ0) is 15.0. The van der Waals surface area contributed by atoms with Gasteiger partial charge in [0.15, 0.2) is 5.65 Å². The maximum Gasteiger partial charge on any atom is 0.161 e. The Morgan fingerprint density at radius 3 is 2.76 bits per heavy atom. The van der Waals surface area contributed by atoms with Gasteiger partial charge in [0.2, 0.25) is 0 Å². The molecule has 0 atom stereocenters. The Morgan fingerprint density at radius 2 is 2.05 bits per heavy atom. The molecule has 0 radical (unpaired) electrons. The molecule has 0 aliphatic rings. The van der Waals surface area contributed by atoms with Gasteiger partial charge in [0.25, 0.3) is 0 Å². The predicted octanol–water partition coefficient (Wildman–Crippen LogP) is 3.89. The molecule has 0 aliphatic carbocycles. The third-order valence-electron chi connectivity index (χ3n) is 3.55. The zero-order valence-electron chi connectivity index (χ0n) is 11.8. The van der Waals surface area contributed by atoms with E-state index in [0.29, 0.717) is 16.2 Å². The lowest BCUT2D eigenvalue weighted by atomic mass is 10.1. The molecule has 0 unspecified atom stereocenters. The van der Waals surface area contributed by atoms with Crippen molar-refractivity contribution in [3.63, 3.8) is 0 Å². The van der Waals surface area contributed by atoms with E-state index in [9.17, 15) is 0 Å². The fraction of sp³-hybridized carbons (Fsp3) is 0.188. The van der Waals surface area contributed by atoms with Gasteiger partial charge in [-0.3, -0.25) is 4.57 Å². The van der Waals surface area contributed by atoms with Gasteiger partial charge in [0, 0.05) is 11.8 Å². The lowest BCUT2D eigenvalue weighted by Crippen LogP contribution is -2.00. The first-order valence-electron chi connectivity index (χ1n) is 6.56. The van der Waals surface area contributed by atoms with Gasteiger partial charge in [0.1, 0.15) is 17.9 Å². The summed E-state index contributed by atoms with van der Waals surface area (Å²) in [5.74, 6) is 0.740. The molecule has 0 saturated heterocycles. The number of nitriles is 1. The quantitative estimate of drug-likeness (QED) is 0.721. The summed E-state index contributed by atoms with van der Waals surface area (Å²) in [5.41, 5.74) is 4.76. The maximum absolute atomic E-state index is 9.07. The normalized spacial score (nSPS) is 10.8. The first-order chi connectivity index (χ1) is 10.1. The molecule has 1 aromatic carbocycles. The van der Waals surface area contributed by atoms with Crippen molar-refractivity contribution >= 4 is 22.8 Å². The number of benzene rings is 1. The topological polar surface area (TPSA) is 54.5 Å². The van der Waals surface area contributed by atoms with Crippen molar-refractivity contribution in [1.29, 1.82) is 5.26 Å². The average molecular weight is 297 g/mol. The molecule has 0 N–H and O–H groups in total. The standard InChI is InChI=1S/C16H13ClN4/c1-10-3-4-12(7-11(10)2)15-20-14-8-13(17)9-19-16(14)21(15)6-5-18/h3-4,7-9H,6H2,1-2H3. The summed E-state index contributed by atoms with van der Waals surface area (Å²) in [5, 5.41) is 9.61. The second kappa shape index (κ2) is 5.19. The minimum absolute atomic E-state index is 0.202. The summed E-state index contributed by atoms with van der Waals surface area (Å²) in [6.07, 6.45) is 1.57. The molecule has 4 nitrogen and oxygen atoms in total. The Balaban J connectivity index is 2.27. The van der Waals surface area contributed by atoms with Gasteiger partial charge >= 0.3 is 0 Å². The minimum Gasteiger partial charge on any atom is -0.295 e. The monoisotopic (exact) mass is 296 g/mol. The number of rotatable bonds is 2. The summed E-state index contributed by atoms with van der Waals surface area (Å²) in [6, 6.07) is 10.1. The highest BCUT2D eigenvalue weighted by molar-refractivity contribution is 6.31. The Morgan fingerprint density at radius 1 is 1.24 bits per heavy atom. The van der Waals surface area contributed by atoms with Gasteiger partial charge in [-0.15, -0.1) is 0 Å². The highest BCUT2D eigenvalue weighted by atomic mass is 35.5. The van der Waals surface area contributed by atoms with Crippen LogP contribution in [0.15, 0.2) is 30.5 Å². The van der Waals surface area contributed by atoms with Crippen LogP contribution in [0.1, 0.15) is 11.1 Å². The van der Waals surface area contributed by atoms with E-state index in [-0.39, 0.29) is 6.54 Å². The van der Waals surface area contributed by atoms with Crippen LogP contribution in [0, 0.1) is 25.2 Å². The van der Waals surface area contributed by atoms with E-state index < -0.39 is 0 Å². The van der Waals surface area contributed by atoms with Crippen LogP contribution in [0.25, 0.3) is 22.6 Å². The van der Waals surface area contributed by atoms with Gasteiger partial charge in [-0.1, -0.05) is 23.7 Å². The third-order valence-corrected chi connectivity index (χ3v) is 3.75. The number of aryl methyl sites for hydroxylation is 2. The summed E-state index contributed by atoms with van der Waals surface area (Å²) in [6.45, 7) is 4.33. The first-order valence-corrected chi connectivity index (χ1v) is 6.94. The summed E-state index contributed by atoms with van der Waals surface area (Å²) < 4.78 is 1.82. The molecule has 0 bridgehead atoms. The van der Waals surface area contributed by atoms with Crippen molar-refractivity contribution in [1.82, 2.24) is 14.5 Å². The fourth-order valence-electron chi connectivity index (χ4n) is 2.31. The Kier molecular flexibility index (Phi) is 3.36. The number of pyridine rings is 1. The maximum atomic E-state index is 9.07. The molecule has 0 spiro atoms. The highest BCUT2D eigenvalue weighted by Crippen LogP contribution is 2.26. The number of imidazole rings is 1. The summed E-state index contributed by atoms with van der Waals surface area (Å²) >= 11 is 5.97. The molecule has 2 aromatic heterocycles. The molecular weight excluding hydrogens is 284 g/mol. The van der Waals surface area contributed by atoms with E-state index in [1.165, 1.54) is 11.1 Å². The van der Waals surface area contributed by atoms with Crippen LogP contribution in [0.5, 0.6) is 0 Å². The number of halogens is 1. The molecule has 0 aliphatic heterocycles. The molecule has 0 saturated carbocycles. The van der Waals surface area contributed by atoms with E-state index in [1.807, 2.05) is 10.6 Å². The van der Waals surface area contributed by atoms with E-state index in [1.54, 1.807) is 12.3 Å². The second-order valence-corrected chi connectivity index (χ2v) is 5.41. The smallest absolute Gasteiger partial charge is 0.161 e. The number of fused-ring (bicyclic) bond motifs is 1. The second-order valence-electron chi connectivity index (χ2n) is 4.97. The van der Waals surface area contributed by atoms with Crippen LogP contribution < -0.4 is 0 Å². The van der Waals surface area contributed by atoms with E-state index in [2.05, 4.69) is 42.0 Å². The number of nitrogens with zero attached hydrogens (tertiary/aromatic N) is 4. The van der Waals surface area contributed by atoms with Crippen molar-refractivity contribution in [2.45, 2.75) is 20.4 Å². The molecular formula is C16H13ClN4. The van der Waals surface area contributed by atoms with Gasteiger partial charge in [-0.25, -0.2) is 9.97 Å². The van der Waals surface area contributed by atoms with Gasteiger partial charge in [-0.05, 0) is 37.1 Å². The summed E-state index contributed by atoms with van der Waals surface area (Å²) in [4.78, 5) is 8.90.